The van der Waals surface area contributed by atoms with Crippen LogP contribution in [0.4, 0.5) is 4.39 Å². The second kappa shape index (κ2) is 7.45. The number of amides is 1. The molecule has 1 aliphatic rings. The Bertz CT molecular complexity index is 512. The molecular formula is C9H13Cl3FN3O3S2. The number of thiocarbonyl (C=S) groups is 1. The van der Waals surface area contributed by atoms with E-state index in [9.17, 15) is 17.6 Å². The van der Waals surface area contributed by atoms with E-state index in [1.54, 1.807) is 0 Å². The van der Waals surface area contributed by atoms with Gasteiger partial charge in [0, 0.05) is 6.04 Å². The summed E-state index contributed by atoms with van der Waals surface area (Å²) in [5.41, 5.74) is 0. The van der Waals surface area contributed by atoms with Crippen LogP contribution >= 0.6 is 47.0 Å². The number of hydrogen-bond acceptors (Lipinski definition) is 4. The van der Waals surface area contributed by atoms with E-state index in [1.807, 2.05) is 0 Å². The van der Waals surface area contributed by atoms with Gasteiger partial charge in [-0.3, -0.25) is 4.79 Å². The SMILES string of the molecule is O=C(CF)N[C@H](NC(=S)N[C@@H]1CCS(=O)(=O)C1)C(Cl)(Cl)Cl. The van der Waals surface area contributed by atoms with E-state index in [0.29, 0.717) is 6.42 Å². The molecule has 0 radical (unpaired) electrons. The van der Waals surface area contributed by atoms with Crippen molar-refractivity contribution in [2.45, 2.75) is 22.4 Å². The van der Waals surface area contributed by atoms with Crippen LogP contribution < -0.4 is 16.0 Å². The van der Waals surface area contributed by atoms with Gasteiger partial charge in [0.2, 0.25) is 3.79 Å². The van der Waals surface area contributed by atoms with Crippen molar-refractivity contribution in [2.75, 3.05) is 18.2 Å². The van der Waals surface area contributed by atoms with Crippen LogP contribution in [0.1, 0.15) is 6.42 Å². The molecule has 0 unspecified atom stereocenters. The monoisotopic (exact) mass is 399 g/mol. The fourth-order valence-electron chi connectivity index (χ4n) is 1.67. The second-order valence-electron chi connectivity index (χ2n) is 4.39. The highest BCUT2D eigenvalue weighted by Crippen LogP contribution is 2.29. The maximum absolute atomic E-state index is 12.2. The van der Waals surface area contributed by atoms with Crippen LogP contribution in [0.2, 0.25) is 0 Å². The average Bonchev–Trinajstić information content (AvgIpc) is 2.66. The molecule has 2 atom stereocenters. The minimum Gasteiger partial charge on any atom is -0.359 e. The van der Waals surface area contributed by atoms with E-state index in [-0.39, 0.29) is 22.7 Å². The summed E-state index contributed by atoms with van der Waals surface area (Å²) in [6.07, 6.45) is -0.858. The molecule has 0 aliphatic carbocycles. The molecule has 1 fully saturated rings. The van der Waals surface area contributed by atoms with Crippen LogP contribution in [0.5, 0.6) is 0 Å². The van der Waals surface area contributed by atoms with Crippen molar-refractivity contribution in [3.05, 3.63) is 0 Å². The summed E-state index contributed by atoms with van der Waals surface area (Å²) in [4.78, 5) is 11.0. The zero-order chi connectivity index (χ0) is 16.3. The Morgan fingerprint density at radius 2 is 2.00 bits per heavy atom. The number of sulfone groups is 1. The van der Waals surface area contributed by atoms with Gasteiger partial charge in [-0.2, -0.15) is 0 Å². The van der Waals surface area contributed by atoms with Gasteiger partial charge in [-0.25, -0.2) is 12.8 Å². The van der Waals surface area contributed by atoms with Crippen molar-refractivity contribution in [1.29, 1.82) is 0 Å². The molecule has 1 heterocycles. The van der Waals surface area contributed by atoms with Gasteiger partial charge in [-0.15, -0.1) is 0 Å². The summed E-state index contributed by atoms with van der Waals surface area (Å²) in [7, 11) is -3.07. The Hall–Kier alpha value is -0.0900. The molecule has 12 heteroatoms. The van der Waals surface area contributed by atoms with Gasteiger partial charge in [0.1, 0.15) is 6.17 Å². The molecule has 0 aromatic carbocycles. The smallest absolute Gasteiger partial charge is 0.253 e. The van der Waals surface area contributed by atoms with Crippen LogP contribution in [0.3, 0.4) is 0 Å². The molecular weight excluding hydrogens is 388 g/mol. The maximum atomic E-state index is 12.2. The predicted octanol–water partition coefficient (Wildman–Crippen LogP) is 0.420. The average molecular weight is 401 g/mol. The van der Waals surface area contributed by atoms with E-state index in [0.717, 1.165) is 0 Å². The molecule has 3 N–H and O–H groups in total. The van der Waals surface area contributed by atoms with Gasteiger partial charge in [0.15, 0.2) is 21.6 Å². The van der Waals surface area contributed by atoms with E-state index < -0.39 is 32.4 Å². The number of rotatable bonds is 4. The van der Waals surface area contributed by atoms with E-state index in [4.69, 9.17) is 47.0 Å². The number of halogens is 4. The molecule has 1 rings (SSSR count). The summed E-state index contributed by atoms with van der Waals surface area (Å²) in [6.45, 7) is -1.28. The number of carbonyl (C=O) groups excluding carboxylic acids is 1. The third-order valence-corrected chi connectivity index (χ3v) is 5.26. The summed E-state index contributed by atoms with van der Waals surface area (Å²) in [6, 6.07) is -0.358. The van der Waals surface area contributed by atoms with Crippen molar-refractivity contribution in [3.8, 4) is 0 Å². The zero-order valence-corrected chi connectivity index (χ0v) is 14.4. The van der Waals surface area contributed by atoms with Crippen LogP contribution in [0.25, 0.3) is 0 Å². The predicted molar refractivity (Wildman–Crippen MR) is 84.1 cm³/mol. The lowest BCUT2D eigenvalue weighted by Gasteiger charge is -2.28. The molecule has 1 amide bonds. The van der Waals surface area contributed by atoms with Crippen molar-refractivity contribution < 1.29 is 17.6 Å². The lowest BCUT2D eigenvalue weighted by Crippen LogP contribution is -2.58. The topological polar surface area (TPSA) is 87.3 Å². The van der Waals surface area contributed by atoms with Crippen molar-refractivity contribution in [3.63, 3.8) is 0 Å². The largest absolute Gasteiger partial charge is 0.359 e. The maximum Gasteiger partial charge on any atom is 0.253 e. The lowest BCUT2D eigenvalue weighted by molar-refractivity contribution is -0.122. The standard InChI is InChI=1S/C9H13Cl3FN3O3S2/c10-9(11,12)7(15-6(17)3-13)16-8(20)14-5-1-2-21(18,19)4-5/h5,7H,1-4H2,(H,15,17)(H2,14,16,20)/t5-,7-/m1/s1. The first-order chi connectivity index (χ1) is 9.53. The summed E-state index contributed by atoms with van der Waals surface area (Å²) in [5.74, 6) is -0.964. The van der Waals surface area contributed by atoms with Crippen LogP contribution in [-0.2, 0) is 14.6 Å². The molecule has 21 heavy (non-hydrogen) atoms. The number of nitrogens with one attached hydrogen (secondary N) is 3. The first kappa shape index (κ1) is 19.0. The minimum atomic E-state index is -3.07. The van der Waals surface area contributed by atoms with Gasteiger partial charge >= 0.3 is 0 Å². The minimum absolute atomic E-state index is 0.00687. The Morgan fingerprint density at radius 1 is 1.38 bits per heavy atom. The number of alkyl halides is 4. The lowest BCUT2D eigenvalue weighted by atomic mass is 10.3. The summed E-state index contributed by atoms with van der Waals surface area (Å²) in [5, 5.41) is 7.36. The van der Waals surface area contributed by atoms with E-state index >= 15 is 0 Å². The quantitative estimate of drug-likeness (QED) is 0.360. The number of hydrogen-bond donors (Lipinski definition) is 3. The van der Waals surface area contributed by atoms with Crippen molar-refractivity contribution >= 4 is 67.9 Å². The van der Waals surface area contributed by atoms with Gasteiger partial charge in [-0.05, 0) is 18.6 Å². The van der Waals surface area contributed by atoms with E-state index in [2.05, 4.69) is 16.0 Å². The molecule has 1 aliphatic heterocycles. The molecule has 0 bridgehead atoms. The molecule has 1 saturated heterocycles. The molecule has 0 aromatic heterocycles. The molecule has 6 nitrogen and oxygen atoms in total. The fourth-order valence-corrected chi connectivity index (χ4v) is 3.95. The van der Waals surface area contributed by atoms with Crippen LogP contribution in [-0.4, -0.2) is 53.6 Å². The van der Waals surface area contributed by atoms with E-state index in [1.165, 1.54) is 0 Å². The van der Waals surface area contributed by atoms with Crippen molar-refractivity contribution in [1.82, 2.24) is 16.0 Å². The highest BCUT2D eigenvalue weighted by Gasteiger charge is 2.35. The normalized spacial score (nSPS) is 22.4. The second-order valence-corrected chi connectivity index (χ2v) is 9.40. The Balaban J connectivity index is 2.58. The summed E-state index contributed by atoms with van der Waals surface area (Å²) >= 11 is 21.9. The third-order valence-electron chi connectivity index (χ3n) is 2.60. The highest BCUT2D eigenvalue weighted by molar-refractivity contribution is 7.91. The first-order valence-corrected chi connectivity index (χ1v) is 9.09. The Kier molecular flexibility index (Phi) is 6.73. The Morgan fingerprint density at radius 3 is 2.43 bits per heavy atom. The molecule has 0 spiro atoms. The number of carbonyl (C=O) groups is 1. The van der Waals surface area contributed by atoms with Crippen LogP contribution in [0, 0.1) is 0 Å². The third kappa shape index (κ3) is 6.68. The molecule has 0 saturated carbocycles. The van der Waals surface area contributed by atoms with Gasteiger partial charge < -0.3 is 16.0 Å². The summed E-state index contributed by atoms with van der Waals surface area (Å²) < 4.78 is 32.9. The van der Waals surface area contributed by atoms with Crippen LogP contribution in [0.15, 0.2) is 0 Å². The first-order valence-electron chi connectivity index (χ1n) is 5.73. The van der Waals surface area contributed by atoms with Gasteiger partial charge in [0.25, 0.3) is 5.91 Å². The highest BCUT2D eigenvalue weighted by atomic mass is 35.6. The Labute approximate surface area is 142 Å². The van der Waals surface area contributed by atoms with Gasteiger partial charge in [-0.1, -0.05) is 34.8 Å². The van der Waals surface area contributed by atoms with Gasteiger partial charge in [0.05, 0.1) is 11.5 Å². The molecule has 122 valence electrons. The zero-order valence-electron chi connectivity index (χ0n) is 10.5. The fraction of sp³-hybridized carbons (Fsp3) is 0.778. The van der Waals surface area contributed by atoms with Crippen molar-refractivity contribution in [2.24, 2.45) is 0 Å². The molecule has 0 aromatic rings.